The van der Waals surface area contributed by atoms with Crippen molar-refractivity contribution in [3.8, 4) is 17.2 Å². The van der Waals surface area contributed by atoms with Crippen molar-refractivity contribution in [2.45, 2.75) is 70.4 Å². The fourth-order valence-corrected chi connectivity index (χ4v) is 6.80. The lowest BCUT2D eigenvalue weighted by Crippen LogP contribution is -2.51. The van der Waals surface area contributed by atoms with E-state index in [0.29, 0.717) is 45.8 Å². The number of rotatable bonds is 19. The van der Waals surface area contributed by atoms with Gasteiger partial charge in [0.15, 0.2) is 0 Å². The zero-order valence-corrected chi connectivity index (χ0v) is 31.7. The Kier molecular flexibility index (Phi) is 14.9. The highest BCUT2D eigenvalue weighted by molar-refractivity contribution is 5.88. The first-order valence-corrected chi connectivity index (χ1v) is 19.1. The molecule has 6 rings (SSSR count). The molecule has 296 valence electrons. The topological polar surface area (TPSA) is 145 Å². The average Bonchev–Trinajstić information content (AvgIpc) is 3.23. The molecule has 0 spiro atoms. The number of phenolic OH excluding ortho intramolecular Hbond substituents is 2. The summed E-state index contributed by atoms with van der Waals surface area (Å²) in [6, 6.07) is 33.8. The molecule has 1 aliphatic rings. The molecule has 56 heavy (non-hydrogen) atoms. The Labute approximate surface area is 327 Å². The third kappa shape index (κ3) is 11.4. The molecule has 0 radical (unpaired) electrons. The summed E-state index contributed by atoms with van der Waals surface area (Å²) in [5.74, 6) is 0.987. The van der Waals surface area contributed by atoms with Crippen molar-refractivity contribution in [2.24, 2.45) is 0 Å². The Morgan fingerprint density at radius 2 is 1.54 bits per heavy atom. The summed E-state index contributed by atoms with van der Waals surface area (Å²) in [7, 11) is 0. The maximum Gasteiger partial charge on any atom is 0.508 e. The van der Waals surface area contributed by atoms with Crippen molar-refractivity contribution < 1.29 is 48.5 Å². The number of aliphatic hydroxyl groups excluding tert-OH is 1. The van der Waals surface area contributed by atoms with Crippen LogP contribution in [0, 0.1) is 0 Å². The van der Waals surface area contributed by atoms with Gasteiger partial charge in [0.1, 0.15) is 30.0 Å². The molecular weight excluding hydrogens is 714 g/mol. The normalized spacial score (nSPS) is 17.4. The van der Waals surface area contributed by atoms with Gasteiger partial charge >= 0.3 is 6.16 Å². The minimum absolute atomic E-state index is 0.0275. The Hall–Kier alpha value is -5.17. The third-order valence-electron chi connectivity index (χ3n) is 9.82. The molecule has 4 unspecified atom stereocenters. The number of fused-ring (bicyclic) bond motifs is 1. The van der Waals surface area contributed by atoms with E-state index in [9.17, 15) is 20.1 Å². The predicted molar refractivity (Wildman–Crippen MR) is 212 cm³/mol. The standard InChI is InChI=1S/C45H51NO10/c1-2-37(56-45(50)55-27-32-10-7-9-31(21-32)26-47)30-54-43-25-46-24-42(53-28-33-22-35-11-3-5-13-39(35)41(49)23-33)44(43)34-15-17-38(18-16-34)52-20-8-19-51-29-36-12-4-6-14-40(36)48/h3-7,9-18,21-23,37,42-44,46-49H,2,8,19-20,24-30H2,1H3. The maximum atomic E-state index is 12.7. The molecule has 1 aliphatic heterocycles. The largest absolute Gasteiger partial charge is 0.508 e. The van der Waals surface area contributed by atoms with Crippen molar-refractivity contribution in [1.29, 1.82) is 0 Å². The minimum atomic E-state index is -0.786. The number of hydrogen-bond acceptors (Lipinski definition) is 11. The lowest BCUT2D eigenvalue weighted by molar-refractivity contribution is -0.0852. The zero-order valence-electron chi connectivity index (χ0n) is 31.7. The Morgan fingerprint density at radius 3 is 2.34 bits per heavy atom. The molecule has 5 aromatic carbocycles. The summed E-state index contributed by atoms with van der Waals surface area (Å²) < 4.78 is 35.9. The highest BCUT2D eigenvalue weighted by Gasteiger charge is 2.37. The quantitative estimate of drug-likeness (QED) is 0.0490. The number of para-hydroxylation sites is 1. The molecule has 0 bridgehead atoms. The van der Waals surface area contributed by atoms with Crippen LogP contribution in [-0.4, -0.2) is 72.7 Å². The summed E-state index contributed by atoms with van der Waals surface area (Å²) in [4.78, 5) is 12.7. The van der Waals surface area contributed by atoms with Crippen LogP contribution >= 0.6 is 0 Å². The summed E-state index contributed by atoms with van der Waals surface area (Å²) in [6.45, 7) is 4.74. The SMILES string of the molecule is CCC(COC1CNCC(OCc2cc(O)c3ccccc3c2)C1c1ccc(OCCCOCc2ccccc2O)cc1)OC(=O)OCc1cccc(CO)c1. The number of ether oxygens (including phenoxy) is 6. The molecule has 4 N–H and O–H groups in total. The first kappa shape index (κ1) is 40.5. The van der Waals surface area contributed by atoms with Crippen LogP contribution in [0.2, 0.25) is 0 Å². The van der Waals surface area contributed by atoms with Crippen LogP contribution in [0.5, 0.6) is 17.2 Å². The third-order valence-corrected chi connectivity index (χ3v) is 9.82. The molecule has 11 nitrogen and oxygen atoms in total. The van der Waals surface area contributed by atoms with Gasteiger partial charge in [0, 0.05) is 36.4 Å². The van der Waals surface area contributed by atoms with Crippen molar-refractivity contribution in [3.63, 3.8) is 0 Å². The van der Waals surface area contributed by atoms with Gasteiger partial charge in [-0.15, -0.1) is 0 Å². The van der Waals surface area contributed by atoms with Crippen LogP contribution in [-0.2, 0) is 50.1 Å². The number of phenols is 2. The van der Waals surface area contributed by atoms with Gasteiger partial charge in [-0.05, 0) is 64.4 Å². The number of aliphatic hydroxyl groups is 1. The van der Waals surface area contributed by atoms with Gasteiger partial charge in [0.25, 0.3) is 0 Å². The zero-order chi connectivity index (χ0) is 39.1. The van der Waals surface area contributed by atoms with E-state index in [1.165, 1.54) is 0 Å². The number of carbonyl (C=O) groups excluding carboxylic acids is 1. The van der Waals surface area contributed by atoms with E-state index in [4.69, 9.17) is 28.4 Å². The van der Waals surface area contributed by atoms with Gasteiger partial charge in [-0.25, -0.2) is 4.79 Å². The minimum Gasteiger partial charge on any atom is -0.508 e. The Balaban J connectivity index is 1.08. The van der Waals surface area contributed by atoms with Crippen LogP contribution < -0.4 is 10.1 Å². The molecule has 1 saturated heterocycles. The predicted octanol–water partition coefficient (Wildman–Crippen LogP) is 7.52. The lowest BCUT2D eigenvalue weighted by Gasteiger charge is -2.39. The molecule has 5 aromatic rings. The molecule has 0 amide bonds. The molecule has 11 heteroatoms. The van der Waals surface area contributed by atoms with Crippen molar-refractivity contribution in [3.05, 3.63) is 137 Å². The average molecular weight is 766 g/mol. The smallest absolute Gasteiger partial charge is 0.508 e. The molecule has 1 heterocycles. The summed E-state index contributed by atoms with van der Waals surface area (Å²) in [5, 5.41) is 35.2. The van der Waals surface area contributed by atoms with Crippen LogP contribution in [0.3, 0.4) is 0 Å². The van der Waals surface area contributed by atoms with Gasteiger partial charge in [0.05, 0.1) is 51.8 Å². The van der Waals surface area contributed by atoms with E-state index < -0.39 is 12.3 Å². The Morgan fingerprint density at radius 1 is 0.768 bits per heavy atom. The second-order valence-electron chi connectivity index (χ2n) is 13.9. The fraction of sp³-hybridized carbons (Fsp3) is 0.356. The summed E-state index contributed by atoms with van der Waals surface area (Å²) in [5.41, 5.74) is 4.11. The summed E-state index contributed by atoms with van der Waals surface area (Å²) in [6.07, 6.45) is -0.711. The van der Waals surface area contributed by atoms with Gasteiger partial charge in [-0.2, -0.15) is 0 Å². The van der Waals surface area contributed by atoms with Crippen LogP contribution in [0.15, 0.2) is 109 Å². The lowest BCUT2D eigenvalue weighted by atomic mass is 9.85. The number of nitrogens with one attached hydrogen (secondary N) is 1. The van der Waals surface area contributed by atoms with Gasteiger partial charge in [-0.1, -0.05) is 85.8 Å². The number of aromatic hydroxyl groups is 2. The van der Waals surface area contributed by atoms with Crippen molar-refractivity contribution in [2.75, 3.05) is 32.9 Å². The molecule has 0 saturated carbocycles. The van der Waals surface area contributed by atoms with Crippen LogP contribution in [0.4, 0.5) is 4.79 Å². The second-order valence-corrected chi connectivity index (χ2v) is 13.9. The molecule has 0 aromatic heterocycles. The van der Waals surface area contributed by atoms with E-state index in [0.717, 1.165) is 44.3 Å². The fourth-order valence-electron chi connectivity index (χ4n) is 6.80. The first-order chi connectivity index (χ1) is 27.4. The molecule has 0 aliphatic carbocycles. The maximum absolute atomic E-state index is 12.7. The van der Waals surface area contributed by atoms with Crippen molar-refractivity contribution >= 4 is 16.9 Å². The number of piperidine rings is 1. The highest BCUT2D eigenvalue weighted by atomic mass is 16.7. The number of benzene rings is 5. The van der Waals surface area contributed by atoms with E-state index in [1.54, 1.807) is 36.4 Å². The van der Waals surface area contributed by atoms with Gasteiger partial charge in [0.2, 0.25) is 0 Å². The van der Waals surface area contributed by atoms with Crippen LogP contribution in [0.25, 0.3) is 10.8 Å². The highest BCUT2D eigenvalue weighted by Crippen LogP contribution is 2.33. The van der Waals surface area contributed by atoms with Gasteiger partial charge in [-0.3, -0.25) is 0 Å². The van der Waals surface area contributed by atoms with Crippen LogP contribution in [0.1, 0.15) is 53.5 Å². The Bertz CT molecular complexity index is 1990. The van der Waals surface area contributed by atoms with E-state index >= 15 is 0 Å². The number of carbonyl (C=O) groups is 1. The molecule has 4 atom stereocenters. The van der Waals surface area contributed by atoms with E-state index in [-0.39, 0.29) is 56.1 Å². The van der Waals surface area contributed by atoms with Crippen molar-refractivity contribution in [1.82, 2.24) is 5.32 Å². The van der Waals surface area contributed by atoms with E-state index in [1.807, 2.05) is 79.7 Å². The number of hydrogen-bond donors (Lipinski definition) is 4. The molecule has 1 fully saturated rings. The second kappa shape index (κ2) is 20.7. The van der Waals surface area contributed by atoms with Gasteiger partial charge < -0.3 is 49.1 Å². The monoisotopic (exact) mass is 765 g/mol. The van der Waals surface area contributed by atoms with E-state index in [2.05, 4.69) is 5.32 Å². The summed E-state index contributed by atoms with van der Waals surface area (Å²) >= 11 is 0. The first-order valence-electron chi connectivity index (χ1n) is 19.1. The molecular formula is C45H51NO10.